The molecule has 35 heavy (non-hydrogen) atoms. The zero-order valence-corrected chi connectivity index (χ0v) is 20.3. The smallest absolute Gasteiger partial charge is 0.251 e. The molecule has 0 radical (unpaired) electrons. The highest BCUT2D eigenvalue weighted by atomic mass is 32.2. The second-order valence-electron chi connectivity index (χ2n) is 9.37. The monoisotopic (exact) mass is 505 g/mol. The summed E-state index contributed by atoms with van der Waals surface area (Å²) in [6.45, 7) is 0.788. The van der Waals surface area contributed by atoms with Crippen molar-refractivity contribution in [1.82, 2.24) is 10.2 Å². The number of benzene rings is 2. The topological polar surface area (TPSA) is 110 Å². The van der Waals surface area contributed by atoms with Gasteiger partial charge in [0, 0.05) is 49.3 Å². The highest BCUT2D eigenvalue weighted by Gasteiger charge is 2.34. The number of amides is 2. The molecule has 2 aromatic rings. The van der Waals surface area contributed by atoms with Gasteiger partial charge in [0.25, 0.3) is 5.91 Å². The Balaban J connectivity index is 1.36. The number of nitrogens with two attached hydrogens (primary N) is 1. The molecular formula is C25H29F2N3O4S. The molecule has 3 N–H and O–H groups in total. The fraction of sp³-hybridized carbons (Fsp3) is 0.440. The Morgan fingerprint density at radius 2 is 1.91 bits per heavy atom. The molecule has 10 heteroatoms. The van der Waals surface area contributed by atoms with Crippen LogP contribution in [0.2, 0.25) is 0 Å². The number of hydrogen-bond donors (Lipinski definition) is 2. The van der Waals surface area contributed by atoms with Crippen LogP contribution in [-0.2, 0) is 21.1 Å². The SMILES string of the molecule is CS(=O)(=O)c1cccc(C(=O)NCC2CCCN2C(=O)CC(N)C2CCc3cc(F)c(F)cc32)c1. The highest BCUT2D eigenvalue weighted by Crippen LogP contribution is 2.37. The van der Waals surface area contributed by atoms with Crippen molar-refractivity contribution >= 4 is 21.7 Å². The third-order valence-corrected chi connectivity index (χ3v) is 8.06. The Hall–Kier alpha value is -2.85. The van der Waals surface area contributed by atoms with Crippen LogP contribution in [0.15, 0.2) is 41.3 Å². The minimum atomic E-state index is -3.44. The van der Waals surface area contributed by atoms with Crippen LogP contribution in [0.4, 0.5) is 8.78 Å². The Bertz CT molecular complexity index is 1250. The minimum Gasteiger partial charge on any atom is -0.350 e. The molecule has 0 aromatic heterocycles. The first-order valence-corrected chi connectivity index (χ1v) is 13.5. The van der Waals surface area contributed by atoms with Gasteiger partial charge in [-0.1, -0.05) is 6.07 Å². The van der Waals surface area contributed by atoms with Crippen LogP contribution in [0, 0.1) is 11.6 Å². The molecule has 0 spiro atoms. The summed E-state index contributed by atoms with van der Waals surface area (Å²) in [5, 5.41) is 2.80. The fourth-order valence-corrected chi connectivity index (χ4v) is 5.76. The Labute approximate surface area is 203 Å². The molecule has 1 fully saturated rings. The van der Waals surface area contributed by atoms with Crippen LogP contribution < -0.4 is 11.1 Å². The molecule has 0 saturated carbocycles. The van der Waals surface area contributed by atoms with E-state index in [4.69, 9.17) is 5.73 Å². The lowest BCUT2D eigenvalue weighted by atomic mass is 9.91. The van der Waals surface area contributed by atoms with Crippen molar-refractivity contribution in [2.45, 2.75) is 55.0 Å². The number of aryl methyl sites for hydroxylation is 1. The van der Waals surface area contributed by atoms with E-state index < -0.39 is 33.4 Å². The molecule has 1 saturated heterocycles. The summed E-state index contributed by atoms with van der Waals surface area (Å²) >= 11 is 0. The van der Waals surface area contributed by atoms with Gasteiger partial charge in [-0.2, -0.15) is 0 Å². The number of carbonyl (C=O) groups excluding carboxylic acids is 2. The number of nitrogens with one attached hydrogen (secondary N) is 1. The normalized spacial score (nSPS) is 20.5. The van der Waals surface area contributed by atoms with Gasteiger partial charge < -0.3 is 16.0 Å². The van der Waals surface area contributed by atoms with Gasteiger partial charge in [0.15, 0.2) is 21.5 Å². The number of hydrogen-bond acceptors (Lipinski definition) is 5. The van der Waals surface area contributed by atoms with Crippen molar-refractivity contribution in [2.24, 2.45) is 5.73 Å². The minimum absolute atomic E-state index is 0.0629. The van der Waals surface area contributed by atoms with E-state index in [-0.39, 0.29) is 41.3 Å². The van der Waals surface area contributed by atoms with Crippen molar-refractivity contribution < 1.29 is 26.8 Å². The predicted molar refractivity (Wildman–Crippen MR) is 127 cm³/mol. The second-order valence-corrected chi connectivity index (χ2v) is 11.4. The van der Waals surface area contributed by atoms with Crippen LogP contribution >= 0.6 is 0 Å². The first-order chi connectivity index (χ1) is 16.5. The van der Waals surface area contributed by atoms with Crippen LogP contribution in [0.5, 0.6) is 0 Å². The molecule has 2 aromatic carbocycles. The molecule has 7 nitrogen and oxygen atoms in total. The molecule has 2 aliphatic rings. The number of carbonyl (C=O) groups is 2. The third kappa shape index (κ3) is 5.54. The highest BCUT2D eigenvalue weighted by molar-refractivity contribution is 7.90. The number of rotatable bonds is 7. The Kier molecular flexibility index (Phi) is 7.23. The van der Waals surface area contributed by atoms with E-state index in [0.717, 1.165) is 24.7 Å². The molecule has 0 bridgehead atoms. The van der Waals surface area contributed by atoms with Crippen LogP contribution in [0.25, 0.3) is 0 Å². The Morgan fingerprint density at radius 1 is 1.17 bits per heavy atom. The molecule has 1 aliphatic carbocycles. The van der Waals surface area contributed by atoms with E-state index in [1.807, 2.05) is 0 Å². The summed E-state index contributed by atoms with van der Waals surface area (Å²) in [5.74, 6) is -2.55. The first-order valence-electron chi connectivity index (χ1n) is 11.7. The maximum atomic E-state index is 13.8. The second kappa shape index (κ2) is 10.0. The van der Waals surface area contributed by atoms with Gasteiger partial charge in [0.05, 0.1) is 4.90 Å². The van der Waals surface area contributed by atoms with E-state index >= 15 is 0 Å². The zero-order valence-electron chi connectivity index (χ0n) is 19.5. The molecule has 4 rings (SSSR count). The van der Waals surface area contributed by atoms with Gasteiger partial charge in [0.2, 0.25) is 5.91 Å². The first kappa shape index (κ1) is 25.2. The Morgan fingerprint density at radius 3 is 2.66 bits per heavy atom. The molecule has 1 aliphatic heterocycles. The predicted octanol–water partition coefficient (Wildman–Crippen LogP) is 2.54. The van der Waals surface area contributed by atoms with Gasteiger partial charge in [0.1, 0.15) is 0 Å². The quantitative estimate of drug-likeness (QED) is 0.601. The number of sulfone groups is 1. The van der Waals surface area contributed by atoms with E-state index in [2.05, 4.69) is 5.32 Å². The summed E-state index contributed by atoms with van der Waals surface area (Å²) in [6, 6.07) is 7.50. The third-order valence-electron chi connectivity index (χ3n) is 6.95. The van der Waals surface area contributed by atoms with Crippen LogP contribution in [0.3, 0.4) is 0 Å². The van der Waals surface area contributed by atoms with Gasteiger partial charge in [-0.3, -0.25) is 9.59 Å². The van der Waals surface area contributed by atoms with Gasteiger partial charge in [-0.05, 0) is 67.1 Å². The average molecular weight is 506 g/mol. The van der Waals surface area contributed by atoms with Gasteiger partial charge in [-0.15, -0.1) is 0 Å². The molecule has 2 amide bonds. The lowest BCUT2D eigenvalue weighted by molar-refractivity contribution is -0.132. The number of halogens is 2. The van der Waals surface area contributed by atoms with E-state index in [1.165, 1.54) is 36.4 Å². The van der Waals surface area contributed by atoms with Gasteiger partial charge in [-0.25, -0.2) is 17.2 Å². The number of likely N-dealkylation sites (tertiary alicyclic amines) is 1. The lowest BCUT2D eigenvalue weighted by Gasteiger charge is -2.28. The number of nitrogens with zero attached hydrogens (tertiary/aromatic N) is 1. The summed E-state index contributed by atoms with van der Waals surface area (Å²) in [5.41, 5.74) is 8.00. The van der Waals surface area contributed by atoms with Crippen molar-refractivity contribution in [3.8, 4) is 0 Å². The summed E-state index contributed by atoms with van der Waals surface area (Å²) in [6.07, 6.45) is 3.90. The zero-order chi connectivity index (χ0) is 25.3. The summed E-state index contributed by atoms with van der Waals surface area (Å²) in [7, 11) is -3.44. The van der Waals surface area contributed by atoms with Crippen molar-refractivity contribution in [3.63, 3.8) is 0 Å². The van der Waals surface area contributed by atoms with E-state index in [1.54, 1.807) is 4.90 Å². The van der Waals surface area contributed by atoms with Crippen molar-refractivity contribution in [2.75, 3.05) is 19.3 Å². The molecule has 1 heterocycles. The van der Waals surface area contributed by atoms with Crippen molar-refractivity contribution in [3.05, 3.63) is 64.7 Å². The fourth-order valence-electron chi connectivity index (χ4n) is 5.09. The molecule has 188 valence electrons. The maximum Gasteiger partial charge on any atom is 0.251 e. The number of fused-ring (bicyclic) bond motifs is 1. The van der Waals surface area contributed by atoms with Crippen molar-refractivity contribution in [1.29, 1.82) is 0 Å². The maximum absolute atomic E-state index is 13.8. The van der Waals surface area contributed by atoms with E-state index in [9.17, 15) is 26.8 Å². The standard InChI is InChI=1S/C25H29F2N3O4S/c1-35(33,34)18-6-2-4-16(10-18)25(32)29-14-17-5-3-9-30(17)24(31)13-23(28)19-8-7-15-11-21(26)22(27)12-20(15)19/h2,4,6,10-12,17,19,23H,3,5,7-9,13-14,28H2,1H3,(H,29,32). The van der Waals surface area contributed by atoms with Crippen LogP contribution in [-0.4, -0.2) is 56.6 Å². The largest absolute Gasteiger partial charge is 0.350 e. The molecular weight excluding hydrogens is 476 g/mol. The van der Waals surface area contributed by atoms with Crippen LogP contribution in [0.1, 0.15) is 53.1 Å². The van der Waals surface area contributed by atoms with E-state index in [0.29, 0.717) is 24.9 Å². The lowest BCUT2D eigenvalue weighted by Crippen LogP contribution is -2.45. The van der Waals surface area contributed by atoms with Gasteiger partial charge >= 0.3 is 0 Å². The molecule has 3 atom stereocenters. The average Bonchev–Trinajstić information content (AvgIpc) is 3.44. The summed E-state index contributed by atoms with van der Waals surface area (Å²) < 4.78 is 50.8. The molecule has 3 unspecified atom stereocenters. The summed E-state index contributed by atoms with van der Waals surface area (Å²) in [4.78, 5) is 27.4.